The van der Waals surface area contributed by atoms with Crippen LogP contribution in [-0.4, -0.2) is 16.9 Å². The van der Waals surface area contributed by atoms with Gasteiger partial charge in [0, 0.05) is 8.31 Å². The third-order valence-electron chi connectivity index (χ3n) is 0.704. The van der Waals surface area contributed by atoms with E-state index >= 15 is 0 Å². The Morgan fingerprint density at radius 1 is 1.14 bits per heavy atom. The molecule has 2 radical (unpaired) electrons. The summed E-state index contributed by atoms with van der Waals surface area (Å²) in [5, 5.41) is 0. The van der Waals surface area contributed by atoms with Gasteiger partial charge in [0.1, 0.15) is 0 Å². The third kappa shape index (κ3) is 6.99. The van der Waals surface area contributed by atoms with Gasteiger partial charge in [0.15, 0.2) is 0 Å². The Labute approximate surface area is 60.4 Å². The second-order valence-electron chi connectivity index (χ2n) is 1.56. The molecule has 0 aromatic carbocycles. The minimum Gasteiger partial charge on any atom is -0.863 e. The number of rotatable bonds is 1. The van der Waals surface area contributed by atoms with Gasteiger partial charge in [-0.15, -0.1) is 0 Å². The summed E-state index contributed by atoms with van der Waals surface area (Å²) in [7, 11) is -1.51. The average molecular weight is 124 g/mol. The molecule has 4 heteroatoms. The normalized spacial score (nSPS) is 9.43. The minimum atomic E-state index is -1.10. The van der Waals surface area contributed by atoms with Crippen LogP contribution in [0.15, 0.2) is 0 Å². The summed E-state index contributed by atoms with van der Waals surface area (Å²) in [6, 6.07) is 0. The zero-order chi connectivity index (χ0) is 5.15. The maximum Gasteiger partial charge on any atom is 1.00 e. The van der Waals surface area contributed by atoms with Crippen LogP contribution in [0.25, 0.3) is 0 Å². The Hall–Kier alpha value is 0.991. The first kappa shape index (κ1) is 10.9. The van der Waals surface area contributed by atoms with Crippen molar-refractivity contribution >= 4 is 16.9 Å². The van der Waals surface area contributed by atoms with Gasteiger partial charge in [0.25, 0.3) is 0 Å². The quantitative estimate of drug-likeness (QED) is 0.338. The van der Waals surface area contributed by atoms with Crippen LogP contribution in [0.1, 0.15) is 0 Å². The van der Waals surface area contributed by atoms with Crippen LogP contribution in [0, 0.1) is 0 Å². The van der Waals surface area contributed by atoms with Crippen molar-refractivity contribution in [1.29, 1.82) is 0 Å². The zero-order valence-electron chi connectivity index (χ0n) is 5.41. The summed E-state index contributed by atoms with van der Waals surface area (Å²) < 4.78 is 0. The molecule has 0 aromatic rings. The van der Waals surface area contributed by atoms with Crippen molar-refractivity contribution in [1.82, 2.24) is 0 Å². The fourth-order valence-electron chi connectivity index (χ4n) is 0. The fraction of sp³-hybridized carbons (Fsp3) is 1.00. The maximum absolute atomic E-state index is 10.4. The minimum absolute atomic E-state index is 0. The van der Waals surface area contributed by atoms with Crippen molar-refractivity contribution in [2.45, 2.75) is 19.6 Å². The molecule has 0 aliphatic heterocycles. The summed E-state index contributed by atoms with van der Waals surface area (Å²) in [6.07, 6.45) is 0. The topological polar surface area (TPSA) is 23.1 Å². The largest absolute Gasteiger partial charge is 1.00 e. The van der Waals surface area contributed by atoms with Crippen molar-refractivity contribution in [3.8, 4) is 0 Å². The van der Waals surface area contributed by atoms with E-state index < -0.39 is 16.9 Å². The van der Waals surface area contributed by atoms with E-state index in [4.69, 9.17) is 0 Å². The van der Waals surface area contributed by atoms with Gasteiger partial charge in [-0.25, -0.2) is 0 Å². The van der Waals surface area contributed by atoms with Gasteiger partial charge in [0.2, 0.25) is 0 Å². The van der Waals surface area contributed by atoms with Gasteiger partial charge in [0.05, 0.1) is 0 Å². The number of hydrogen-bond donors (Lipinski definition) is 0. The molecule has 7 heavy (non-hydrogen) atoms. The zero-order valence-corrected chi connectivity index (χ0v) is 7.41. The van der Waals surface area contributed by atoms with E-state index in [1.54, 1.807) is 0 Å². The molecule has 1 nitrogen and oxygen atoms in total. The predicted molar refractivity (Wildman–Crippen MR) is 29.1 cm³/mol. The molecule has 0 fully saturated rings. The monoisotopic (exact) mass is 124 g/mol. The molecule has 0 amide bonds. The molecule has 0 N–H and O–H groups in total. The Morgan fingerprint density at radius 3 is 1.29 bits per heavy atom. The molecule has 0 bridgehead atoms. The molecule has 0 aliphatic rings. The predicted octanol–water partition coefficient (Wildman–Crippen LogP) is -3.20. The van der Waals surface area contributed by atoms with E-state index in [0.29, 0.717) is 0 Å². The molecule has 0 heterocycles. The van der Waals surface area contributed by atoms with Crippen molar-refractivity contribution in [3.05, 3.63) is 0 Å². The van der Waals surface area contributed by atoms with E-state index in [-0.39, 0.29) is 18.9 Å². The summed E-state index contributed by atoms with van der Waals surface area (Å²) in [5.41, 5.74) is 0. The van der Waals surface area contributed by atoms with Gasteiger partial charge in [-0.1, -0.05) is 28.2 Å². The van der Waals surface area contributed by atoms with Crippen molar-refractivity contribution in [3.63, 3.8) is 0 Å². The van der Waals surface area contributed by atoms with Crippen LogP contribution in [0.4, 0.5) is 0 Å². The molecule has 0 unspecified atom stereocenters. The van der Waals surface area contributed by atoms with Gasteiger partial charge in [-0.2, -0.15) is 0 Å². The van der Waals surface area contributed by atoms with E-state index in [2.05, 4.69) is 13.1 Å². The first-order chi connectivity index (χ1) is 2.64. The van der Waals surface area contributed by atoms with E-state index in [1.165, 1.54) is 0 Å². The van der Waals surface area contributed by atoms with Crippen LogP contribution in [0.2, 0.25) is 19.6 Å². The van der Waals surface area contributed by atoms with Crippen molar-refractivity contribution < 1.29 is 23.7 Å². The number of hydrogen-bond acceptors (Lipinski definition) is 1. The Balaban J connectivity index is 0. The molecule has 0 saturated carbocycles. The fourth-order valence-corrected chi connectivity index (χ4v) is 0. The Morgan fingerprint density at radius 2 is 1.29 bits per heavy atom. The summed E-state index contributed by atoms with van der Waals surface area (Å²) in [4.78, 5) is 10.4. The first-order valence-electron chi connectivity index (χ1n) is 1.95. The second-order valence-corrected chi connectivity index (χ2v) is 9.78. The Kier molecular flexibility index (Phi) is 7.98. The van der Waals surface area contributed by atoms with Crippen LogP contribution in [0.5, 0.6) is 0 Å². The average Bonchev–Trinajstić information content (AvgIpc) is 1.36. The SMILES string of the molecule is C[Si](C)[Si](C)[O-].[Li+]. The van der Waals surface area contributed by atoms with Crippen LogP contribution >= 0.6 is 0 Å². The van der Waals surface area contributed by atoms with E-state index in [9.17, 15) is 4.80 Å². The van der Waals surface area contributed by atoms with Crippen LogP contribution < -0.4 is 23.7 Å². The molecular formula is C3H9LiOSi2. The maximum atomic E-state index is 10.4. The Bertz CT molecular complexity index is 33.9. The molecule has 0 rings (SSSR count). The first-order valence-corrected chi connectivity index (χ1v) is 7.36. The molecule has 0 aliphatic carbocycles. The molecule has 0 aromatic heterocycles. The van der Waals surface area contributed by atoms with Crippen LogP contribution in [-0.2, 0) is 0 Å². The second kappa shape index (κ2) is 5.13. The van der Waals surface area contributed by atoms with Gasteiger partial charge in [-0.05, 0) is 0 Å². The molecule has 0 saturated heterocycles. The van der Waals surface area contributed by atoms with Gasteiger partial charge < -0.3 is 4.80 Å². The van der Waals surface area contributed by atoms with Crippen LogP contribution in [0.3, 0.4) is 0 Å². The van der Waals surface area contributed by atoms with Gasteiger partial charge >= 0.3 is 18.9 Å². The summed E-state index contributed by atoms with van der Waals surface area (Å²) >= 11 is 0. The van der Waals surface area contributed by atoms with Crippen molar-refractivity contribution in [2.24, 2.45) is 0 Å². The smallest absolute Gasteiger partial charge is 0.863 e. The van der Waals surface area contributed by atoms with E-state index in [0.717, 1.165) is 0 Å². The summed E-state index contributed by atoms with van der Waals surface area (Å²) in [5.74, 6) is 0. The summed E-state index contributed by atoms with van der Waals surface area (Å²) in [6.45, 7) is 5.98. The molecule has 0 spiro atoms. The third-order valence-corrected chi connectivity index (χ3v) is 6.34. The van der Waals surface area contributed by atoms with Crippen molar-refractivity contribution in [2.75, 3.05) is 0 Å². The molecular weight excluding hydrogens is 115 g/mol. The molecule has 36 valence electrons. The van der Waals surface area contributed by atoms with E-state index in [1.807, 2.05) is 6.55 Å². The molecule has 0 atom stereocenters. The standard InChI is InChI=1S/C3H9OSi2.Li/c1-5(2)6(3)4;/h1-3H3;/q-1;+1. The van der Waals surface area contributed by atoms with Gasteiger partial charge in [-0.3, -0.25) is 0 Å².